The second kappa shape index (κ2) is 8.94. The maximum absolute atomic E-state index is 13.0. The molecule has 7 nitrogen and oxygen atoms in total. The molecule has 170 valence electrons. The molecule has 0 atom stereocenters. The molecule has 0 radical (unpaired) electrons. The smallest absolute Gasteiger partial charge is 0.387 e. The molecule has 3 aromatic rings. The van der Waals surface area contributed by atoms with Crippen molar-refractivity contribution in [2.24, 2.45) is 0 Å². The Morgan fingerprint density at radius 2 is 1.91 bits per heavy atom. The molecule has 3 rings (SSSR count). The lowest BCUT2D eigenvalue weighted by Crippen LogP contribution is -2.40. The van der Waals surface area contributed by atoms with Gasteiger partial charge < -0.3 is 14.8 Å². The molecule has 0 saturated carbocycles. The lowest BCUT2D eigenvalue weighted by Gasteiger charge is -2.23. The molecule has 1 amide bonds. The van der Waals surface area contributed by atoms with Crippen molar-refractivity contribution >= 4 is 17.2 Å². The number of alkyl halides is 2. The van der Waals surface area contributed by atoms with Gasteiger partial charge in [-0.25, -0.2) is 4.52 Å². The van der Waals surface area contributed by atoms with Crippen molar-refractivity contribution in [1.82, 2.24) is 14.9 Å². The molecule has 0 fully saturated rings. The number of hydrogen-bond donors (Lipinski definition) is 1. The van der Waals surface area contributed by atoms with Crippen molar-refractivity contribution < 1.29 is 27.8 Å². The first-order chi connectivity index (χ1) is 15.1. The second-order valence-corrected chi connectivity index (χ2v) is 7.78. The van der Waals surface area contributed by atoms with Gasteiger partial charge in [0.15, 0.2) is 5.78 Å². The molecule has 2 aromatic heterocycles. The third-order valence-corrected chi connectivity index (χ3v) is 5.31. The summed E-state index contributed by atoms with van der Waals surface area (Å²) in [7, 11) is 1.35. The molecule has 0 unspecified atom stereocenters. The van der Waals surface area contributed by atoms with Gasteiger partial charge >= 0.3 is 6.61 Å². The van der Waals surface area contributed by atoms with Crippen LogP contribution in [0.3, 0.4) is 0 Å². The second-order valence-electron chi connectivity index (χ2n) is 7.78. The van der Waals surface area contributed by atoms with Crippen LogP contribution in [0, 0.1) is 0 Å². The number of Topliss-reactive ketones (excluding diaryl/α,β-unsaturated/α-hetero) is 1. The number of ketones is 1. The van der Waals surface area contributed by atoms with Crippen LogP contribution in [0.15, 0.2) is 36.7 Å². The lowest BCUT2D eigenvalue weighted by molar-refractivity contribution is -0.125. The minimum Gasteiger partial charge on any atom is -0.496 e. The minimum absolute atomic E-state index is 0.0565. The number of fused-ring (bicyclic) bond motifs is 1. The number of methoxy groups -OCH3 is 1. The normalized spacial score (nSPS) is 11.6. The van der Waals surface area contributed by atoms with Gasteiger partial charge in [0.1, 0.15) is 17.1 Å². The van der Waals surface area contributed by atoms with E-state index in [1.165, 1.54) is 20.1 Å². The van der Waals surface area contributed by atoms with Gasteiger partial charge in [-0.2, -0.15) is 13.9 Å². The third kappa shape index (κ3) is 4.28. The molecule has 0 spiro atoms. The van der Waals surface area contributed by atoms with Gasteiger partial charge in [0.05, 0.1) is 24.2 Å². The molecule has 32 heavy (non-hydrogen) atoms. The number of pyridine rings is 1. The summed E-state index contributed by atoms with van der Waals surface area (Å²) >= 11 is 0. The Bertz CT molecular complexity index is 1170. The van der Waals surface area contributed by atoms with Crippen molar-refractivity contribution in [1.29, 1.82) is 0 Å². The highest BCUT2D eigenvalue weighted by molar-refractivity contribution is 6.01. The number of benzene rings is 1. The number of rotatable bonds is 8. The number of nitrogens with zero attached hydrogens (tertiary/aromatic N) is 2. The zero-order chi connectivity index (χ0) is 23.6. The summed E-state index contributed by atoms with van der Waals surface area (Å²) in [6.45, 7) is 4.18. The zero-order valence-electron chi connectivity index (χ0n) is 18.5. The topological polar surface area (TPSA) is 81.9 Å². The van der Waals surface area contributed by atoms with Gasteiger partial charge in [-0.3, -0.25) is 9.59 Å². The van der Waals surface area contributed by atoms with Gasteiger partial charge in [-0.15, -0.1) is 0 Å². The first kappa shape index (κ1) is 23.2. The summed E-state index contributed by atoms with van der Waals surface area (Å²) < 4.78 is 37.5. The third-order valence-electron chi connectivity index (χ3n) is 5.31. The number of aromatic nitrogens is 2. The van der Waals surface area contributed by atoms with E-state index in [0.29, 0.717) is 23.2 Å². The molecule has 0 bridgehead atoms. The highest BCUT2D eigenvalue weighted by atomic mass is 19.3. The number of likely N-dealkylation sites (N-methyl/N-ethyl adjacent to an activating group) is 1. The highest BCUT2D eigenvalue weighted by Gasteiger charge is 2.30. The van der Waals surface area contributed by atoms with Crippen LogP contribution in [-0.4, -0.2) is 41.6 Å². The zero-order valence-corrected chi connectivity index (χ0v) is 18.5. The summed E-state index contributed by atoms with van der Waals surface area (Å²) in [5.74, 6) is -0.708. The van der Waals surface area contributed by atoms with Gasteiger partial charge in [-0.1, -0.05) is 6.07 Å². The van der Waals surface area contributed by atoms with Crippen molar-refractivity contribution in [3.05, 3.63) is 47.8 Å². The Balaban J connectivity index is 2.12. The average molecular weight is 445 g/mol. The summed E-state index contributed by atoms with van der Waals surface area (Å²) in [6.07, 6.45) is 3.33. The summed E-state index contributed by atoms with van der Waals surface area (Å²) in [4.78, 5) is 24.5. The van der Waals surface area contributed by atoms with E-state index in [1.54, 1.807) is 29.0 Å². The number of carbonyl (C=O) groups is 2. The Morgan fingerprint density at radius 1 is 1.22 bits per heavy atom. The van der Waals surface area contributed by atoms with Crippen LogP contribution in [0.4, 0.5) is 8.78 Å². The van der Waals surface area contributed by atoms with Crippen LogP contribution in [0.2, 0.25) is 0 Å². The monoisotopic (exact) mass is 445 g/mol. The van der Waals surface area contributed by atoms with E-state index in [2.05, 4.69) is 15.2 Å². The lowest BCUT2D eigenvalue weighted by atomic mass is 9.84. The maximum atomic E-state index is 13.0. The highest BCUT2D eigenvalue weighted by Crippen LogP contribution is 2.38. The van der Waals surface area contributed by atoms with E-state index in [9.17, 15) is 18.4 Å². The Hall–Kier alpha value is -3.49. The number of halogens is 2. The number of nitrogens with one attached hydrogen (secondary N) is 1. The molecule has 0 aliphatic carbocycles. The van der Waals surface area contributed by atoms with Gasteiger partial charge in [0.2, 0.25) is 5.91 Å². The van der Waals surface area contributed by atoms with E-state index in [0.717, 1.165) is 5.56 Å². The number of amides is 1. The first-order valence-corrected chi connectivity index (χ1v) is 10.0. The summed E-state index contributed by atoms with van der Waals surface area (Å²) in [6, 6.07) is 6.58. The van der Waals surface area contributed by atoms with E-state index < -0.39 is 17.8 Å². The fraction of sp³-hybridized carbons (Fsp3) is 0.348. The van der Waals surface area contributed by atoms with Crippen molar-refractivity contribution in [3.8, 4) is 22.6 Å². The number of ether oxygens (including phenoxy) is 2. The van der Waals surface area contributed by atoms with E-state index in [4.69, 9.17) is 4.74 Å². The van der Waals surface area contributed by atoms with Crippen LogP contribution in [-0.2, 0) is 10.2 Å². The molecular formula is C23H25F2N3O4. The van der Waals surface area contributed by atoms with Crippen LogP contribution >= 0.6 is 0 Å². The maximum Gasteiger partial charge on any atom is 0.387 e. The predicted octanol–water partition coefficient (Wildman–Crippen LogP) is 4.23. The molecule has 2 heterocycles. The van der Waals surface area contributed by atoms with E-state index >= 15 is 0 Å². The quantitative estimate of drug-likeness (QED) is 0.525. The van der Waals surface area contributed by atoms with E-state index in [-0.39, 0.29) is 23.0 Å². The van der Waals surface area contributed by atoms with Gasteiger partial charge in [0.25, 0.3) is 0 Å². The Kier molecular flexibility index (Phi) is 6.47. The van der Waals surface area contributed by atoms with Gasteiger partial charge in [0, 0.05) is 18.3 Å². The molecule has 0 saturated heterocycles. The van der Waals surface area contributed by atoms with Crippen LogP contribution in [0.25, 0.3) is 16.6 Å². The fourth-order valence-corrected chi connectivity index (χ4v) is 3.53. The summed E-state index contributed by atoms with van der Waals surface area (Å²) in [5.41, 5.74) is 1.73. The molecule has 1 aromatic carbocycles. The fourth-order valence-electron chi connectivity index (χ4n) is 3.53. The van der Waals surface area contributed by atoms with Crippen molar-refractivity contribution in [2.45, 2.75) is 39.7 Å². The van der Waals surface area contributed by atoms with Crippen molar-refractivity contribution in [3.63, 3.8) is 0 Å². The van der Waals surface area contributed by atoms with Crippen LogP contribution < -0.4 is 14.8 Å². The molecule has 0 aliphatic rings. The first-order valence-electron chi connectivity index (χ1n) is 10.0. The molecule has 1 N–H and O–H groups in total. The number of hydrogen-bond acceptors (Lipinski definition) is 5. The summed E-state index contributed by atoms with van der Waals surface area (Å²) in [5, 5.41) is 7.19. The largest absolute Gasteiger partial charge is 0.496 e. The minimum atomic E-state index is -3.10. The molecule has 9 heteroatoms. The Labute approximate surface area is 184 Å². The predicted molar refractivity (Wildman–Crippen MR) is 116 cm³/mol. The Morgan fingerprint density at radius 3 is 2.50 bits per heavy atom. The SMILES string of the molecule is CCNC(=O)C(C)(C)c1ccc2c(-c3cc(OC)c(C(C)=O)c(OC(F)F)c3)cnn2c1. The molecular weight excluding hydrogens is 420 g/mol. The van der Waals surface area contributed by atoms with Crippen LogP contribution in [0.5, 0.6) is 11.5 Å². The van der Waals surface area contributed by atoms with Gasteiger partial charge in [-0.05, 0) is 57.0 Å². The van der Waals surface area contributed by atoms with Crippen LogP contribution in [0.1, 0.15) is 43.6 Å². The van der Waals surface area contributed by atoms with Crippen molar-refractivity contribution in [2.75, 3.05) is 13.7 Å². The molecule has 0 aliphatic heterocycles. The van der Waals surface area contributed by atoms with E-state index in [1.807, 2.05) is 26.8 Å². The average Bonchev–Trinajstić information content (AvgIpc) is 3.15. The number of carbonyl (C=O) groups excluding carboxylic acids is 2. The standard InChI is InChI=1S/C23H25F2N3O4/c1-6-26-21(30)23(3,4)15-7-8-17-16(11-27-28(17)12-15)14-9-18(31-5)20(13(2)29)19(10-14)32-22(24)25/h7-12,22H,6H2,1-5H3,(H,26,30).